The van der Waals surface area contributed by atoms with Gasteiger partial charge in [0.2, 0.25) is 0 Å². The molecule has 0 aromatic heterocycles. The number of rotatable bonds is 3. The van der Waals surface area contributed by atoms with Gasteiger partial charge in [0.1, 0.15) is 5.82 Å². The maximum atomic E-state index is 13.0. The molecule has 0 amide bonds. The highest BCUT2D eigenvalue weighted by Crippen LogP contribution is 2.16. The number of halogens is 3. The fourth-order valence-electron chi connectivity index (χ4n) is 0.990. The normalized spacial score (nSPS) is 11.1. The van der Waals surface area contributed by atoms with Crippen LogP contribution in [0.25, 0.3) is 6.08 Å². The number of likely N-dealkylation sites (N-methyl/N-ethyl adjacent to an activating group) is 1. The van der Waals surface area contributed by atoms with Crippen molar-refractivity contribution in [2.75, 3.05) is 13.6 Å². The number of nitrogens with one attached hydrogen (secondary N) is 1. The highest BCUT2D eigenvalue weighted by Gasteiger charge is 2.10. The molecule has 0 fully saturated rings. The second kappa shape index (κ2) is 4.81. The Morgan fingerprint density at radius 2 is 1.86 bits per heavy atom. The van der Waals surface area contributed by atoms with Gasteiger partial charge < -0.3 is 5.32 Å². The summed E-state index contributed by atoms with van der Waals surface area (Å²) in [6.45, 7) is 0.468. The maximum absolute atomic E-state index is 13.0. The van der Waals surface area contributed by atoms with Crippen LogP contribution >= 0.6 is 0 Å². The maximum Gasteiger partial charge on any atom is 0.168 e. The summed E-state index contributed by atoms with van der Waals surface area (Å²) >= 11 is 0. The van der Waals surface area contributed by atoms with Gasteiger partial charge >= 0.3 is 0 Å². The van der Waals surface area contributed by atoms with Gasteiger partial charge in [-0.3, -0.25) is 0 Å². The zero-order valence-electron chi connectivity index (χ0n) is 7.65. The van der Waals surface area contributed by atoms with Crippen LogP contribution in [0, 0.1) is 17.5 Å². The molecule has 4 heteroatoms. The number of benzene rings is 1. The molecule has 0 heterocycles. The number of hydrogen-bond acceptors (Lipinski definition) is 1. The summed E-state index contributed by atoms with van der Waals surface area (Å²) < 4.78 is 38.7. The summed E-state index contributed by atoms with van der Waals surface area (Å²) in [5.41, 5.74) is -0.347. The Balaban J connectivity index is 3.00. The van der Waals surface area contributed by atoms with Gasteiger partial charge in [-0.15, -0.1) is 0 Å². The van der Waals surface area contributed by atoms with Gasteiger partial charge in [-0.05, 0) is 19.2 Å². The molecule has 0 saturated carbocycles. The Morgan fingerprint density at radius 1 is 1.21 bits per heavy atom. The van der Waals surface area contributed by atoms with Crippen LogP contribution in [-0.4, -0.2) is 13.6 Å². The average molecular weight is 201 g/mol. The minimum absolute atomic E-state index is 0.347. The molecule has 0 aliphatic rings. The summed E-state index contributed by atoms with van der Waals surface area (Å²) in [5.74, 6) is -2.97. The monoisotopic (exact) mass is 201 g/mol. The lowest BCUT2D eigenvalue weighted by atomic mass is 10.2. The SMILES string of the molecule is CNCC=Cc1c(F)ccc(F)c1F. The van der Waals surface area contributed by atoms with Gasteiger partial charge in [0.15, 0.2) is 11.6 Å². The predicted molar refractivity (Wildman–Crippen MR) is 49.3 cm³/mol. The highest BCUT2D eigenvalue weighted by atomic mass is 19.2. The van der Waals surface area contributed by atoms with E-state index in [4.69, 9.17) is 0 Å². The van der Waals surface area contributed by atoms with E-state index in [1.807, 2.05) is 0 Å². The van der Waals surface area contributed by atoms with Gasteiger partial charge in [-0.1, -0.05) is 12.2 Å². The molecule has 1 rings (SSSR count). The van der Waals surface area contributed by atoms with Gasteiger partial charge in [-0.2, -0.15) is 0 Å². The van der Waals surface area contributed by atoms with Crippen molar-refractivity contribution in [2.24, 2.45) is 0 Å². The van der Waals surface area contributed by atoms with Crippen LogP contribution in [-0.2, 0) is 0 Å². The third-order valence-corrected chi connectivity index (χ3v) is 1.69. The van der Waals surface area contributed by atoms with Crippen LogP contribution in [0.2, 0.25) is 0 Å². The smallest absolute Gasteiger partial charge is 0.168 e. The Bertz CT molecular complexity index is 347. The summed E-state index contributed by atoms with van der Waals surface area (Å²) in [6.07, 6.45) is 2.73. The van der Waals surface area contributed by atoms with Crippen molar-refractivity contribution >= 4 is 6.08 Å². The molecule has 0 aliphatic carbocycles. The first kappa shape index (κ1) is 10.8. The van der Waals surface area contributed by atoms with E-state index in [1.165, 1.54) is 12.2 Å². The third kappa shape index (κ3) is 2.35. The molecule has 0 radical (unpaired) electrons. The van der Waals surface area contributed by atoms with Crippen LogP contribution in [0.3, 0.4) is 0 Å². The second-order valence-electron chi connectivity index (χ2n) is 2.72. The van der Waals surface area contributed by atoms with E-state index in [1.54, 1.807) is 7.05 Å². The minimum atomic E-state index is -1.16. The molecule has 1 aromatic rings. The van der Waals surface area contributed by atoms with E-state index in [0.717, 1.165) is 12.1 Å². The Kier molecular flexibility index (Phi) is 3.71. The standard InChI is InChI=1S/C10H10F3N/c1-14-6-2-3-7-8(11)4-5-9(12)10(7)13/h2-5,14H,6H2,1H3. The first-order valence-electron chi connectivity index (χ1n) is 4.11. The zero-order valence-corrected chi connectivity index (χ0v) is 7.65. The Labute approximate surface area is 80.2 Å². The van der Waals surface area contributed by atoms with Gasteiger partial charge in [0, 0.05) is 12.1 Å². The molecule has 0 bridgehead atoms. The molecule has 0 spiro atoms. The van der Waals surface area contributed by atoms with Crippen LogP contribution < -0.4 is 5.32 Å². The lowest BCUT2D eigenvalue weighted by Crippen LogP contribution is -2.04. The minimum Gasteiger partial charge on any atom is -0.316 e. The van der Waals surface area contributed by atoms with Crippen LogP contribution in [0.4, 0.5) is 13.2 Å². The van der Waals surface area contributed by atoms with Crippen LogP contribution in [0.1, 0.15) is 5.56 Å². The largest absolute Gasteiger partial charge is 0.316 e. The average Bonchev–Trinajstić information content (AvgIpc) is 2.18. The fourth-order valence-corrected chi connectivity index (χ4v) is 0.990. The Hall–Kier alpha value is -1.29. The molecule has 76 valence electrons. The molecule has 1 aromatic carbocycles. The lowest BCUT2D eigenvalue weighted by Gasteiger charge is -1.99. The van der Waals surface area contributed by atoms with Gasteiger partial charge in [0.25, 0.3) is 0 Å². The van der Waals surface area contributed by atoms with Crippen molar-refractivity contribution in [1.29, 1.82) is 0 Å². The molecule has 14 heavy (non-hydrogen) atoms. The summed E-state index contributed by atoms with van der Waals surface area (Å²) in [4.78, 5) is 0. The van der Waals surface area contributed by atoms with E-state index in [-0.39, 0.29) is 5.56 Å². The molecule has 1 nitrogen and oxygen atoms in total. The van der Waals surface area contributed by atoms with E-state index >= 15 is 0 Å². The van der Waals surface area contributed by atoms with Crippen molar-refractivity contribution in [3.05, 3.63) is 41.2 Å². The molecule has 0 atom stereocenters. The first-order chi connectivity index (χ1) is 6.66. The zero-order chi connectivity index (χ0) is 10.6. The molecular formula is C10H10F3N. The van der Waals surface area contributed by atoms with Crippen LogP contribution in [0.5, 0.6) is 0 Å². The molecule has 0 unspecified atom stereocenters. The summed E-state index contributed by atoms with van der Waals surface area (Å²) in [6, 6.07) is 1.66. The van der Waals surface area contributed by atoms with Crippen molar-refractivity contribution in [3.63, 3.8) is 0 Å². The van der Waals surface area contributed by atoms with E-state index < -0.39 is 17.5 Å². The topological polar surface area (TPSA) is 12.0 Å². The van der Waals surface area contributed by atoms with Gasteiger partial charge in [0.05, 0.1) is 0 Å². The lowest BCUT2D eigenvalue weighted by molar-refractivity contribution is 0.492. The van der Waals surface area contributed by atoms with Crippen molar-refractivity contribution in [1.82, 2.24) is 5.32 Å². The molecule has 0 saturated heterocycles. The Morgan fingerprint density at radius 3 is 2.50 bits per heavy atom. The molecule has 0 aliphatic heterocycles. The van der Waals surface area contributed by atoms with Crippen molar-refractivity contribution in [2.45, 2.75) is 0 Å². The predicted octanol–water partition coefficient (Wildman–Crippen LogP) is 2.34. The summed E-state index contributed by atoms with van der Waals surface area (Å²) in [7, 11) is 1.70. The molecule has 1 N–H and O–H groups in total. The van der Waals surface area contributed by atoms with E-state index in [2.05, 4.69) is 5.32 Å². The van der Waals surface area contributed by atoms with Crippen molar-refractivity contribution in [3.8, 4) is 0 Å². The second-order valence-corrected chi connectivity index (χ2v) is 2.72. The van der Waals surface area contributed by atoms with E-state index in [0.29, 0.717) is 6.54 Å². The van der Waals surface area contributed by atoms with E-state index in [9.17, 15) is 13.2 Å². The highest BCUT2D eigenvalue weighted by molar-refractivity contribution is 5.51. The van der Waals surface area contributed by atoms with Gasteiger partial charge in [-0.25, -0.2) is 13.2 Å². The van der Waals surface area contributed by atoms with Crippen molar-refractivity contribution < 1.29 is 13.2 Å². The fraction of sp³-hybridized carbons (Fsp3) is 0.200. The first-order valence-corrected chi connectivity index (χ1v) is 4.11. The third-order valence-electron chi connectivity index (χ3n) is 1.69. The number of hydrogen-bond donors (Lipinski definition) is 1. The molecular weight excluding hydrogens is 191 g/mol. The quantitative estimate of drug-likeness (QED) is 0.740. The van der Waals surface area contributed by atoms with Crippen LogP contribution in [0.15, 0.2) is 18.2 Å². The summed E-state index contributed by atoms with van der Waals surface area (Å²) in [5, 5.41) is 2.77.